The van der Waals surface area contributed by atoms with Crippen molar-refractivity contribution < 1.29 is 19.8 Å². The van der Waals surface area contributed by atoms with Gasteiger partial charge in [-0.05, 0) is 18.2 Å². The van der Waals surface area contributed by atoms with Crippen molar-refractivity contribution in [3.8, 4) is 0 Å². The van der Waals surface area contributed by atoms with Crippen LogP contribution in [0.25, 0.3) is 0 Å². The minimum Gasteiger partial charge on any atom is -0.480 e. The van der Waals surface area contributed by atoms with Crippen LogP contribution in [0.2, 0.25) is 0 Å². The zero-order valence-electron chi connectivity index (χ0n) is 14.3. The van der Waals surface area contributed by atoms with Crippen molar-refractivity contribution in [3.05, 3.63) is 71.8 Å². The molecule has 0 saturated heterocycles. The van der Waals surface area contributed by atoms with Crippen LogP contribution in [-0.4, -0.2) is 47.2 Å². The average Bonchev–Trinajstić information content (AvgIpc) is 2.56. The largest absolute Gasteiger partial charge is 0.480 e. The number of aliphatic carboxylic acids is 2. The van der Waals surface area contributed by atoms with E-state index in [1.807, 2.05) is 60.7 Å². The van der Waals surface area contributed by atoms with Gasteiger partial charge in [0, 0.05) is 13.1 Å². The number of hydrogen-bond donors (Lipinski definition) is 3. The third-order valence-corrected chi connectivity index (χ3v) is 3.15. The number of benzene rings is 2. The Hall–Kier alpha value is -2.70. The van der Waals surface area contributed by atoms with Crippen molar-refractivity contribution in [2.24, 2.45) is 0 Å². The standard InChI is InChI=1S/C10H13NO2.C9H11NO2/c1-11(8-10(12)13)7-9-5-3-2-4-6-9;11-9(12)7-10-6-8-4-2-1-3-5-8/h2-6H,7-8H2,1H3,(H,12,13);1-5,10H,6-7H2,(H,11,12). The molecule has 0 fully saturated rings. The maximum atomic E-state index is 10.4. The highest BCUT2D eigenvalue weighted by molar-refractivity contribution is 5.69. The molecule has 0 spiro atoms. The molecule has 134 valence electrons. The SMILES string of the molecule is CN(CC(=O)O)Cc1ccccc1.O=C(O)CNCc1ccccc1. The normalized spacial score (nSPS) is 10.0. The summed E-state index contributed by atoms with van der Waals surface area (Å²) in [5, 5.41) is 19.7. The average molecular weight is 344 g/mol. The summed E-state index contributed by atoms with van der Waals surface area (Å²) >= 11 is 0. The Labute approximate surface area is 147 Å². The van der Waals surface area contributed by atoms with Crippen molar-refractivity contribution in [2.75, 3.05) is 20.1 Å². The Balaban J connectivity index is 0.000000251. The Morgan fingerprint density at radius 1 is 0.880 bits per heavy atom. The summed E-state index contributed by atoms with van der Waals surface area (Å²) in [6.07, 6.45) is 0. The molecule has 0 unspecified atom stereocenters. The molecule has 0 aliphatic rings. The molecule has 25 heavy (non-hydrogen) atoms. The first-order valence-corrected chi connectivity index (χ1v) is 7.88. The topological polar surface area (TPSA) is 89.9 Å². The van der Waals surface area contributed by atoms with E-state index in [-0.39, 0.29) is 13.1 Å². The first kappa shape index (κ1) is 20.3. The van der Waals surface area contributed by atoms with E-state index < -0.39 is 11.9 Å². The van der Waals surface area contributed by atoms with Gasteiger partial charge < -0.3 is 15.5 Å². The molecule has 2 aromatic rings. The van der Waals surface area contributed by atoms with E-state index in [1.54, 1.807) is 11.9 Å². The van der Waals surface area contributed by atoms with E-state index in [2.05, 4.69) is 5.32 Å². The smallest absolute Gasteiger partial charge is 0.317 e. The predicted molar refractivity (Wildman–Crippen MR) is 96.2 cm³/mol. The number of rotatable bonds is 8. The molecule has 0 aromatic heterocycles. The first-order valence-electron chi connectivity index (χ1n) is 7.88. The summed E-state index contributed by atoms with van der Waals surface area (Å²) in [5.74, 6) is -1.62. The second-order valence-corrected chi connectivity index (χ2v) is 5.53. The molecule has 2 aromatic carbocycles. The van der Waals surface area contributed by atoms with Gasteiger partial charge >= 0.3 is 11.9 Å². The van der Waals surface area contributed by atoms with Crippen LogP contribution in [0, 0.1) is 0 Å². The van der Waals surface area contributed by atoms with E-state index in [0.29, 0.717) is 13.1 Å². The number of carboxylic acid groups (broad SMARTS) is 2. The Bertz CT molecular complexity index is 632. The number of nitrogens with zero attached hydrogens (tertiary/aromatic N) is 1. The van der Waals surface area contributed by atoms with Gasteiger partial charge in [-0.3, -0.25) is 14.5 Å². The van der Waals surface area contributed by atoms with E-state index in [0.717, 1.165) is 11.1 Å². The zero-order valence-corrected chi connectivity index (χ0v) is 14.3. The molecule has 6 heteroatoms. The lowest BCUT2D eigenvalue weighted by Gasteiger charge is -2.13. The molecule has 0 aliphatic heterocycles. The number of carbonyl (C=O) groups is 2. The fourth-order valence-electron chi connectivity index (χ4n) is 2.09. The molecular weight excluding hydrogens is 320 g/mol. The highest BCUT2D eigenvalue weighted by Crippen LogP contribution is 2.01. The van der Waals surface area contributed by atoms with Gasteiger partial charge in [0.25, 0.3) is 0 Å². The zero-order chi connectivity index (χ0) is 18.5. The van der Waals surface area contributed by atoms with Gasteiger partial charge in [0.2, 0.25) is 0 Å². The number of hydrogen-bond acceptors (Lipinski definition) is 4. The van der Waals surface area contributed by atoms with Gasteiger partial charge in [0.05, 0.1) is 13.1 Å². The van der Waals surface area contributed by atoms with Crippen LogP contribution in [-0.2, 0) is 22.7 Å². The fourth-order valence-corrected chi connectivity index (χ4v) is 2.09. The van der Waals surface area contributed by atoms with E-state index >= 15 is 0 Å². The van der Waals surface area contributed by atoms with Gasteiger partial charge in [-0.2, -0.15) is 0 Å². The van der Waals surface area contributed by atoms with Crippen molar-refractivity contribution >= 4 is 11.9 Å². The maximum Gasteiger partial charge on any atom is 0.317 e. The van der Waals surface area contributed by atoms with Gasteiger partial charge in [-0.25, -0.2) is 0 Å². The van der Waals surface area contributed by atoms with Crippen LogP contribution < -0.4 is 5.32 Å². The monoisotopic (exact) mass is 344 g/mol. The molecule has 2 rings (SSSR count). The molecule has 0 atom stereocenters. The van der Waals surface area contributed by atoms with Crippen LogP contribution in [0.4, 0.5) is 0 Å². The third kappa shape index (κ3) is 10.6. The summed E-state index contributed by atoms with van der Waals surface area (Å²) in [6.45, 7) is 1.37. The van der Waals surface area contributed by atoms with Crippen molar-refractivity contribution in [2.45, 2.75) is 13.1 Å². The van der Waals surface area contributed by atoms with Gasteiger partial charge in [-0.15, -0.1) is 0 Å². The highest BCUT2D eigenvalue weighted by atomic mass is 16.4. The number of carboxylic acids is 2. The minimum absolute atomic E-state index is 0.00882. The Morgan fingerprint density at radius 3 is 1.88 bits per heavy atom. The lowest BCUT2D eigenvalue weighted by molar-refractivity contribution is -0.138. The molecule has 0 heterocycles. The van der Waals surface area contributed by atoms with Gasteiger partial charge in [-0.1, -0.05) is 60.7 Å². The number of nitrogens with one attached hydrogen (secondary N) is 1. The summed E-state index contributed by atoms with van der Waals surface area (Å²) in [5.41, 5.74) is 2.23. The second kappa shape index (κ2) is 11.8. The Morgan fingerprint density at radius 2 is 1.40 bits per heavy atom. The summed E-state index contributed by atoms with van der Waals surface area (Å²) < 4.78 is 0. The molecule has 0 radical (unpaired) electrons. The van der Waals surface area contributed by atoms with E-state index in [1.165, 1.54) is 0 Å². The summed E-state index contributed by atoms with van der Waals surface area (Å²) in [4.78, 5) is 22.2. The van der Waals surface area contributed by atoms with Crippen LogP contribution in [0.5, 0.6) is 0 Å². The maximum absolute atomic E-state index is 10.4. The van der Waals surface area contributed by atoms with E-state index in [4.69, 9.17) is 10.2 Å². The molecule has 0 saturated carbocycles. The molecule has 0 bridgehead atoms. The third-order valence-electron chi connectivity index (χ3n) is 3.15. The van der Waals surface area contributed by atoms with Crippen LogP contribution in [0.15, 0.2) is 60.7 Å². The highest BCUT2D eigenvalue weighted by Gasteiger charge is 2.03. The van der Waals surface area contributed by atoms with Gasteiger partial charge in [0.1, 0.15) is 0 Å². The lowest BCUT2D eigenvalue weighted by atomic mass is 10.2. The fraction of sp³-hybridized carbons (Fsp3) is 0.263. The Kier molecular flexibility index (Phi) is 9.58. The minimum atomic E-state index is -0.828. The predicted octanol–water partition coefficient (Wildman–Crippen LogP) is 2.06. The molecule has 0 amide bonds. The molecule has 0 aliphatic carbocycles. The van der Waals surface area contributed by atoms with Crippen LogP contribution >= 0.6 is 0 Å². The summed E-state index contributed by atoms with van der Waals surface area (Å²) in [6, 6.07) is 19.5. The quantitative estimate of drug-likeness (QED) is 0.679. The molecular formula is C19H24N2O4. The van der Waals surface area contributed by atoms with Crippen LogP contribution in [0.1, 0.15) is 11.1 Å². The lowest BCUT2D eigenvalue weighted by Crippen LogP contribution is -2.24. The van der Waals surface area contributed by atoms with Crippen molar-refractivity contribution in [3.63, 3.8) is 0 Å². The van der Waals surface area contributed by atoms with Crippen molar-refractivity contribution in [1.29, 1.82) is 0 Å². The van der Waals surface area contributed by atoms with Crippen molar-refractivity contribution in [1.82, 2.24) is 10.2 Å². The molecule has 3 N–H and O–H groups in total. The summed E-state index contributed by atoms with van der Waals surface area (Å²) in [7, 11) is 1.79. The first-order chi connectivity index (χ1) is 12.0. The van der Waals surface area contributed by atoms with Crippen LogP contribution in [0.3, 0.4) is 0 Å². The second-order valence-electron chi connectivity index (χ2n) is 5.53. The molecule has 6 nitrogen and oxygen atoms in total. The van der Waals surface area contributed by atoms with Gasteiger partial charge in [0.15, 0.2) is 0 Å². The van der Waals surface area contributed by atoms with E-state index in [9.17, 15) is 9.59 Å². The number of likely N-dealkylation sites (N-methyl/N-ethyl adjacent to an activating group) is 1.